The number of fused-ring (bicyclic) bond motifs is 3. The largest absolute Gasteiger partial charge is 0.344 e. The molecule has 2 aromatic rings. The Labute approximate surface area is 139 Å². The van der Waals surface area contributed by atoms with Crippen molar-refractivity contribution >= 4 is 27.5 Å². The third kappa shape index (κ3) is 3.15. The van der Waals surface area contributed by atoms with E-state index >= 15 is 0 Å². The predicted octanol–water partition coefficient (Wildman–Crippen LogP) is 1.99. The number of rotatable bonds is 5. The number of amides is 1. The minimum Gasteiger partial charge on any atom is -0.344 e. The summed E-state index contributed by atoms with van der Waals surface area (Å²) < 4.78 is 1.22. The van der Waals surface area contributed by atoms with E-state index in [1.54, 1.807) is 23.3 Å². The molecule has 0 radical (unpaired) electrons. The van der Waals surface area contributed by atoms with E-state index in [0.29, 0.717) is 16.8 Å². The smallest absolute Gasteiger partial charge is 0.279 e. The summed E-state index contributed by atoms with van der Waals surface area (Å²) in [6, 6.07) is 0. The standard InChI is InChI=1S/C16H22N4O2S/c1-3-4-9-19(2)13(21)10-20-16(22)14-11-7-5-6-8-12(11)23-15(14)17-18-20/h3-10H2,1-2H3. The zero-order valence-electron chi connectivity index (χ0n) is 13.7. The Bertz CT molecular complexity index is 780. The van der Waals surface area contributed by atoms with E-state index in [-0.39, 0.29) is 18.0 Å². The highest BCUT2D eigenvalue weighted by atomic mass is 32.1. The molecule has 0 N–H and O–H groups in total. The lowest BCUT2D eigenvalue weighted by molar-refractivity contribution is -0.130. The van der Waals surface area contributed by atoms with Gasteiger partial charge >= 0.3 is 0 Å². The second-order valence-corrected chi connectivity index (χ2v) is 7.20. The Kier molecular flexibility index (Phi) is 4.75. The van der Waals surface area contributed by atoms with Crippen LogP contribution in [0.1, 0.15) is 43.0 Å². The summed E-state index contributed by atoms with van der Waals surface area (Å²) in [7, 11) is 1.77. The van der Waals surface area contributed by atoms with Gasteiger partial charge in [0.25, 0.3) is 5.56 Å². The first kappa shape index (κ1) is 16.1. The minimum atomic E-state index is -0.174. The van der Waals surface area contributed by atoms with Gasteiger partial charge in [-0.15, -0.1) is 16.4 Å². The molecule has 0 atom stereocenters. The van der Waals surface area contributed by atoms with Crippen molar-refractivity contribution in [3.63, 3.8) is 0 Å². The van der Waals surface area contributed by atoms with E-state index in [1.807, 2.05) is 0 Å². The van der Waals surface area contributed by atoms with Crippen LogP contribution in [0.25, 0.3) is 10.2 Å². The minimum absolute atomic E-state index is 0.0351. The molecule has 1 aliphatic carbocycles. The van der Waals surface area contributed by atoms with Gasteiger partial charge in [0, 0.05) is 18.5 Å². The molecule has 7 heteroatoms. The van der Waals surface area contributed by atoms with Crippen LogP contribution in [0, 0.1) is 0 Å². The van der Waals surface area contributed by atoms with Gasteiger partial charge in [0.1, 0.15) is 6.54 Å². The van der Waals surface area contributed by atoms with Crippen molar-refractivity contribution in [2.75, 3.05) is 13.6 Å². The van der Waals surface area contributed by atoms with Gasteiger partial charge in [0.05, 0.1) is 5.39 Å². The molecule has 0 unspecified atom stereocenters. The van der Waals surface area contributed by atoms with E-state index in [2.05, 4.69) is 17.2 Å². The normalized spacial score (nSPS) is 14.0. The van der Waals surface area contributed by atoms with Crippen LogP contribution in [0.3, 0.4) is 0 Å². The molecule has 6 nitrogen and oxygen atoms in total. The number of aromatic nitrogens is 3. The van der Waals surface area contributed by atoms with Crippen molar-refractivity contribution in [2.24, 2.45) is 0 Å². The van der Waals surface area contributed by atoms with Crippen molar-refractivity contribution in [1.82, 2.24) is 19.9 Å². The van der Waals surface area contributed by atoms with Crippen LogP contribution in [0.5, 0.6) is 0 Å². The molecule has 0 aromatic carbocycles. The molecule has 0 fully saturated rings. The Hall–Kier alpha value is -1.76. The number of thiophene rings is 1. The van der Waals surface area contributed by atoms with E-state index < -0.39 is 0 Å². The van der Waals surface area contributed by atoms with Gasteiger partial charge in [-0.1, -0.05) is 18.6 Å². The molecular formula is C16H22N4O2S. The first-order valence-electron chi connectivity index (χ1n) is 8.23. The van der Waals surface area contributed by atoms with E-state index in [4.69, 9.17) is 0 Å². The molecular weight excluding hydrogens is 312 g/mol. The summed E-state index contributed by atoms with van der Waals surface area (Å²) in [6.45, 7) is 2.75. The monoisotopic (exact) mass is 334 g/mol. The fourth-order valence-electron chi connectivity index (χ4n) is 2.98. The van der Waals surface area contributed by atoms with Crippen molar-refractivity contribution < 1.29 is 4.79 Å². The fourth-order valence-corrected chi connectivity index (χ4v) is 4.18. The lowest BCUT2D eigenvalue weighted by Crippen LogP contribution is -2.36. The molecule has 1 amide bonds. The Morgan fingerprint density at radius 3 is 2.91 bits per heavy atom. The van der Waals surface area contributed by atoms with Gasteiger partial charge in [-0.3, -0.25) is 9.59 Å². The first-order valence-corrected chi connectivity index (χ1v) is 9.05. The zero-order chi connectivity index (χ0) is 16.4. The lowest BCUT2D eigenvalue weighted by Gasteiger charge is -2.16. The number of likely N-dealkylation sites (N-methyl/N-ethyl adjacent to an activating group) is 1. The maximum absolute atomic E-state index is 12.7. The van der Waals surface area contributed by atoms with Crippen molar-refractivity contribution in [3.05, 3.63) is 20.8 Å². The third-order valence-electron chi connectivity index (χ3n) is 4.40. The van der Waals surface area contributed by atoms with Gasteiger partial charge in [-0.2, -0.15) is 0 Å². The summed E-state index contributed by atoms with van der Waals surface area (Å²) >= 11 is 1.58. The number of hydrogen-bond acceptors (Lipinski definition) is 5. The highest BCUT2D eigenvalue weighted by molar-refractivity contribution is 7.18. The number of nitrogens with zero attached hydrogens (tertiary/aromatic N) is 4. The molecule has 23 heavy (non-hydrogen) atoms. The molecule has 0 saturated heterocycles. The molecule has 124 valence electrons. The summed E-state index contributed by atoms with van der Waals surface area (Å²) in [5.41, 5.74) is 0.961. The Balaban J connectivity index is 1.89. The van der Waals surface area contributed by atoms with Crippen LogP contribution in [0.15, 0.2) is 4.79 Å². The van der Waals surface area contributed by atoms with Crippen LogP contribution in [0.2, 0.25) is 0 Å². The van der Waals surface area contributed by atoms with E-state index in [0.717, 1.165) is 37.7 Å². The summed E-state index contributed by atoms with van der Waals surface area (Å²) in [5, 5.41) is 8.84. The van der Waals surface area contributed by atoms with E-state index in [1.165, 1.54) is 16.0 Å². The van der Waals surface area contributed by atoms with Crippen LogP contribution in [-0.4, -0.2) is 39.4 Å². The van der Waals surface area contributed by atoms with Gasteiger partial charge in [0.15, 0.2) is 4.83 Å². The number of carbonyl (C=O) groups excluding carboxylic acids is 1. The summed E-state index contributed by atoms with van der Waals surface area (Å²) in [6.07, 6.45) is 6.22. The average Bonchev–Trinajstić information content (AvgIpc) is 2.94. The summed E-state index contributed by atoms with van der Waals surface area (Å²) in [5.74, 6) is -0.0988. The highest BCUT2D eigenvalue weighted by Crippen LogP contribution is 2.33. The maximum Gasteiger partial charge on any atom is 0.279 e. The van der Waals surface area contributed by atoms with Gasteiger partial charge in [0.2, 0.25) is 5.91 Å². The average molecular weight is 334 g/mol. The first-order chi connectivity index (χ1) is 11.1. The third-order valence-corrected chi connectivity index (χ3v) is 5.58. The van der Waals surface area contributed by atoms with Crippen LogP contribution in [0.4, 0.5) is 0 Å². The second kappa shape index (κ2) is 6.78. The molecule has 0 saturated carbocycles. The lowest BCUT2D eigenvalue weighted by atomic mass is 9.97. The fraction of sp³-hybridized carbons (Fsp3) is 0.625. The Morgan fingerprint density at radius 1 is 1.35 bits per heavy atom. The predicted molar refractivity (Wildman–Crippen MR) is 90.9 cm³/mol. The molecule has 0 bridgehead atoms. The van der Waals surface area contributed by atoms with Gasteiger partial charge in [-0.05, 0) is 37.7 Å². The molecule has 2 aromatic heterocycles. The molecule has 0 spiro atoms. The highest BCUT2D eigenvalue weighted by Gasteiger charge is 2.21. The second-order valence-electron chi connectivity index (χ2n) is 6.11. The molecule has 2 heterocycles. The van der Waals surface area contributed by atoms with Crippen LogP contribution < -0.4 is 5.56 Å². The van der Waals surface area contributed by atoms with Crippen molar-refractivity contribution in [1.29, 1.82) is 0 Å². The van der Waals surface area contributed by atoms with E-state index in [9.17, 15) is 9.59 Å². The maximum atomic E-state index is 12.7. The number of unbranched alkanes of at least 4 members (excludes halogenated alkanes) is 1. The van der Waals surface area contributed by atoms with Crippen molar-refractivity contribution in [3.8, 4) is 0 Å². The topological polar surface area (TPSA) is 68.1 Å². The zero-order valence-corrected chi connectivity index (χ0v) is 14.5. The quantitative estimate of drug-likeness (QED) is 0.838. The molecule has 3 rings (SSSR count). The molecule has 0 aliphatic heterocycles. The number of aryl methyl sites for hydroxylation is 2. The SMILES string of the molecule is CCCCN(C)C(=O)Cn1nnc2sc3c(c2c1=O)CCCC3. The van der Waals surface area contributed by atoms with Gasteiger partial charge < -0.3 is 4.90 Å². The Morgan fingerprint density at radius 2 is 2.13 bits per heavy atom. The van der Waals surface area contributed by atoms with Crippen LogP contribution in [-0.2, 0) is 24.2 Å². The van der Waals surface area contributed by atoms with Gasteiger partial charge in [-0.25, -0.2) is 4.68 Å². The molecule has 1 aliphatic rings. The van der Waals surface area contributed by atoms with Crippen molar-refractivity contribution in [2.45, 2.75) is 52.0 Å². The number of hydrogen-bond donors (Lipinski definition) is 0. The number of carbonyl (C=O) groups is 1. The van der Waals surface area contributed by atoms with Crippen LogP contribution >= 0.6 is 11.3 Å². The summed E-state index contributed by atoms with van der Waals surface area (Å²) in [4.78, 5) is 28.6.